The Labute approximate surface area is 77.7 Å². The molecule has 1 aromatic rings. The number of pyridine rings is 1. The highest BCUT2D eigenvalue weighted by Crippen LogP contribution is 2.06. The van der Waals surface area contributed by atoms with Gasteiger partial charge in [-0.3, -0.25) is 0 Å². The second-order valence-corrected chi connectivity index (χ2v) is 3.06. The molecule has 0 saturated carbocycles. The second kappa shape index (κ2) is 3.89. The molecule has 13 heavy (non-hydrogen) atoms. The van der Waals surface area contributed by atoms with E-state index >= 15 is 0 Å². The van der Waals surface area contributed by atoms with Crippen LogP contribution in [0.5, 0.6) is 0 Å². The highest BCUT2D eigenvalue weighted by Gasteiger charge is 2.06. The van der Waals surface area contributed by atoms with Crippen molar-refractivity contribution in [3.63, 3.8) is 0 Å². The number of hydrogen-bond donors (Lipinski definition) is 1. The number of aryl methyl sites for hydroxylation is 1. The van der Waals surface area contributed by atoms with Crippen molar-refractivity contribution in [3.8, 4) is 0 Å². The summed E-state index contributed by atoms with van der Waals surface area (Å²) in [5, 5.41) is 11.4. The zero-order chi connectivity index (χ0) is 9.84. The van der Waals surface area contributed by atoms with Crippen LogP contribution in [0.3, 0.4) is 0 Å². The molecule has 0 bridgehead atoms. The number of anilines is 1. The summed E-state index contributed by atoms with van der Waals surface area (Å²) in [6.07, 6.45) is 3.37. The van der Waals surface area contributed by atoms with Gasteiger partial charge in [-0.05, 0) is 6.07 Å². The molecule has 0 radical (unpaired) electrons. The predicted molar refractivity (Wildman–Crippen MR) is 51.3 cm³/mol. The van der Waals surface area contributed by atoms with Gasteiger partial charge in [0, 0.05) is 20.2 Å². The van der Waals surface area contributed by atoms with Crippen molar-refractivity contribution in [2.45, 2.75) is 0 Å². The smallest absolute Gasteiger partial charge is 0.226 e. The maximum atomic E-state index is 8.37. The number of aromatic nitrogens is 1. The molecule has 70 valence electrons. The fourth-order valence-corrected chi connectivity index (χ4v) is 1.06. The van der Waals surface area contributed by atoms with E-state index in [2.05, 4.69) is 5.16 Å². The highest BCUT2D eigenvalue weighted by atomic mass is 16.4. The monoisotopic (exact) mass is 180 g/mol. The van der Waals surface area contributed by atoms with E-state index in [4.69, 9.17) is 5.21 Å². The summed E-state index contributed by atoms with van der Waals surface area (Å²) < 4.78 is 1.90. The van der Waals surface area contributed by atoms with Crippen molar-refractivity contribution in [2.24, 2.45) is 12.2 Å². The summed E-state index contributed by atoms with van der Waals surface area (Å²) >= 11 is 0. The molecule has 0 aliphatic rings. The lowest BCUT2D eigenvalue weighted by Crippen LogP contribution is -2.34. The van der Waals surface area contributed by atoms with Crippen LogP contribution in [0.2, 0.25) is 0 Å². The maximum Gasteiger partial charge on any atom is 0.226 e. The van der Waals surface area contributed by atoms with Crippen LogP contribution in [-0.4, -0.2) is 25.5 Å². The van der Waals surface area contributed by atoms with Crippen molar-refractivity contribution < 1.29 is 9.77 Å². The van der Waals surface area contributed by atoms with Crippen LogP contribution < -0.4 is 9.47 Å². The van der Waals surface area contributed by atoms with E-state index in [0.29, 0.717) is 0 Å². The minimum absolute atomic E-state index is 0.855. The van der Waals surface area contributed by atoms with Crippen molar-refractivity contribution in [1.82, 2.24) is 0 Å². The first-order valence-corrected chi connectivity index (χ1v) is 3.99. The molecular formula is C9H14N3O+. The fraction of sp³-hybridized carbons (Fsp3) is 0.333. The molecule has 0 unspecified atom stereocenters. The lowest BCUT2D eigenvalue weighted by atomic mass is 10.3. The van der Waals surface area contributed by atoms with E-state index < -0.39 is 0 Å². The summed E-state index contributed by atoms with van der Waals surface area (Å²) in [4.78, 5) is 2.01. The summed E-state index contributed by atoms with van der Waals surface area (Å²) in [6, 6.07) is 3.87. The van der Waals surface area contributed by atoms with Crippen LogP contribution in [0.4, 0.5) is 5.69 Å². The van der Waals surface area contributed by atoms with Gasteiger partial charge in [-0.15, -0.1) is 0 Å². The van der Waals surface area contributed by atoms with Gasteiger partial charge < -0.3 is 10.1 Å². The molecule has 0 atom stereocenters. The van der Waals surface area contributed by atoms with Gasteiger partial charge in [0.1, 0.15) is 18.9 Å². The predicted octanol–water partition coefficient (Wildman–Crippen LogP) is 0.385. The quantitative estimate of drug-likeness (QED) is 0.309. The zero-order valence-electron chi connectivity index (χ0n) is 8.10. The number of hydrogen-bond acceptors (Lipinski definition) is 3. The van der Waals surface area contributed by atoms with Gasteiger partial charge in [0.15, 0.2) is 6.20 Å². The van der Waals surface area contributed by atoms with Crippen LogP contribution in [-0.2, 0) is 7.05 Å². The SMILES string of the molecule is CN(C)c1ccc(/C=N/O)[n+](C)c1. The molecule has 1 aromatic heterocycles. The van der Waals surface area contributed by atoms with E-state index in [9.17, 15) is 0 Å². The largest absolute Gasteiger partial charge is 0.411 e. The van der Waals surface area contributed by atoms with E-state index in [-0.39, 0.29) is 0 Å². The molecule has 0 fully saturated rings. The Balaban J connectivity index is 3.05. The van der Waals surface area contributed by atoms with Crippen molar-refractivity contribution in [3.05, 3.63) is 24.0 Å². The third-order valence-electron chi connectivity index (χ3n) is 1.86. The van der Waals surface area contributed by atoms with Gasteiger partial charge in [-0.25, -0.2) is 0 Å². The van der Waals surface area contributed by atoms with Crippen LogP contribution in [0.1, 0.15) is 5.69 Å². The van der Waals surface area contributed by atoms with Gasteiger partial charge in [-0.2, -0.15) is 4.57 Å². The molecule has 0 amide bonds. The Morgan fingerprint density at radius 3 is 2.62 bits per heavy atom. The Bertz CT molecular complexity index is 321. The summed E-state index contributed by atoms with van der Waals surface area (Å²) in [5.41, 5.74) is 1.96. The molecule has 0 saturated heterocycles. The lowest BCUT2D eigenvalue weighted by molar-refractivity contribution is -0.671. The van der Waals surface area contributed by atoms with E-state index in [1.54, 1.807) is 0 Å². The van der Waals surface area contributed by atoms with Gasteiger partial charge in [0.2, 0.25) is 5.69 Å². The van der Waals surface area contributed by atoms with Gasteiger partial charge in [0.25, 0.3) is 0 Å². The number of nitrogens with zero attached hydrogens (tertiary/aromatic N) is 3. The average molecular weight is 180 g/mol. The highest BCUT2D eigenvalue weighted by molar-refractivity contribution is 5.74. The molecule has 4 heteroatoms. The molecule has 0 aliphatic heterocycles. The topological polar surface area (TPSA) is 39.7 Å². The normalized spacial score (nSPS) is 10.7. The molecule has 0 aromatic carbocycles. The van der Waals surface area contributed by atoms with Crippen LogP contribution in [0.25, 0.3) is 0 Å². The van der Waals surface area contributed by atoms with Gasteiger partial charge >= 0.3 is 0 Å². The van der Waals surface area contributed by atoms with Gasteiger partial charge in [0.05, 0.1) is 0 Å². The first kappa shape index (κ1) is 9.51. The summed E-state index contributed by atoms with van der Waals surface area (Å²) in [7, 11) is 5.87. The minimum atomic E-state index is 0.855. The maximum absolute atomic E-state index is 8.37. The molecule has 0 spiro atoms. The average Bonchev–Trinajstić information content (AvgIpc) is 2.08. The third kappa shape index (κ3) is 2.18. The Morgan fingerprint density at radius 2 is 2.15 bits per heavy atom. The third-order valence-corrected chi connectivity index (χ3v) is 1.86. The van der Waals surface area contributed by atoms with Crippen molar-refractivity contribution >= 4 is 11.9 Å². The van der Waals surface area contributed by atoms with Gasteiger partial charge in [-0.1, -0.05) is 5.16 Å². The van der Waals surface area contributed by atoms with E-state index in [1.807, 2.05) is 48.9 Å². The molecule has 0 aliphatic carbocycles. The first-order chi connectivity index (χ1) is 6.15. The standard InChI is InChI=1S/C9H13N3O/c1-11(2)9-5-4-8(6-10-13)12(3)7-9/h4-7H,1-3H3/p+1. The molecule has 4 nitrogen and oxygen atoms in total. The number of oxime groups is 1. The second-order valence-electron chi connectivity index (χ2n) is 3.06. The lowest BCUT2D eigenvalue weighted by Gasteiger charge is -2.09. The summed E-state index contributed by atoms with van der Waals surface area (Å²) in [6.45, 7) is 0. The molecule has 1 N–H and O–H groups in total. The van der Waals surface area contributed by atoms with Crippen molar-refractivity contribution in [1.29, 1.82) is 0 Å². The minimum Gasteiger partial charge on any atom is -0.411 e. The zero-order valence-corrected chi connectivity index (χ0v) is 8.10. The Kier molecular flexibility index (Phi) is 2.84. The van der Waals surface area contributed by atoms with E-state index in [1.165, 1.54) is 6.21 Å². The first-order valence-electron chi connectivity index (χ1n) is 3.99. The molecule has 1 rings (SSSR count). The Morgan fingerprint density at radius 1 is 1.46 bits per heavy atom. The van der Waals surface area contributed by atoms with E-state index in [0.717, 1.165) is 11.4 Å². The number of rotatable bonds is 2. The molecule has 1 heterocycles. The van der Waals surface area contributed by atoms with Crippen LogP contribution in [0, 0.1) is 0 Å². The van der Waals surface area contributed by atoms with Crippen LogP contribution in [0.15, 0.2) is 23.5 Å². The van der Waals surface area contributed by atoms with Crippen LogP contribution >= 0.6 is 0 Å². The summed E-state index contributed by atoms with van der Waals surface area (Å²) in [5.74, 6) is 0. The fourth-order valence-electron chi connectivity index (χ4n) is 1.06. The Hall–Kier alpha value is -1.58. The van der Waals surface area contributed by atoms with Crippen molar-refractivity contribution in [2.75, 3.05) is 19.0 Å². The molecular weight excluding hydrogens is 166 g/mol.